The van der Waals surface area contributed by atoms with Crippen LogP contribution >= 0.6 is 0 Å². The van der Waals surface area contributed by atoms with Gasteiger partial charge in [0.05, 0.1) is 16.3 Å². The topological polar surface area (TPSA) is 72.4 Å². The Balaban J connectivity index is 1.90. The molecule has 0 fully saturated rings. The van der Waals surface area contributed by atoms with Crippen molar-refractivity contribution in [2.45, 2.75) is 13.0 Å². The number of rotatable bonds is 2. The predicted molar refractivity (Wildman–Crippen MR) is 78.7 cm³/mol. The molecule has 5 heteroatoms. The molecule has 0 unspecified atom stereocenters. The van der Waals surface area contributed by atoms with Gasteiger partial charge in [-0.2, -0.15) is 0 Å². The highest BCUT2D eigenvalue weighted by Crippen LogP contribution is 2.31. The van der Waals surface area contributed by atoms with E-state index in [-0.39, 0.29) is 5.69 Å². The first-order valence-electron chi connectivity index (χ1n) is 6.51. The van der Waals surface area contributed by atoms with Gasteiger partial charge in [-0.05, 0) is 23.6 Å². The lowest BCUT2D eigenvalue weighted by atomic mass is 9.99. The van der Waals surface area contributed by atoms with Crippen LogP contribution in [0.15, 0.2) is 42.5 Å². The summed E-state index contributed by atoms with van der Waals surface area (Å²) in [5.41, 5.74) is 9.97. The molecule has 5 nitrogen and oxygen atoms in total. The molecule has 2 N–H and O–H groups in total. The molecule has 0 spiro atoms. The summed E-state index contributed by atoms with van der Waals surface area (Å²) in [5, 5.41) is 10.7. The number of hydrogen-bond acceptors (Lipinski definition) is 4. The average molecular weight is 269 g/mol. The molecule has 1 aliphatic rings. The van der Waals surface area contributed by atoms with Crippen LogP contribution in [-0.4, -0.2) is 11.5 Å². The summed E-state index contributed by atoms with van der Waals surface area (Å²) in [6.07, 6.45) is 0.965. The molecule has 0 amide bonds. The van der Waals surface area contributed by atoms with E-state index in [1.807, 2.05) is 6.07 Å². The highest BCUT2D eigenvalue weighted by atomic mass is 16.6. The Morgan fingerprint density at radius 1 is 1.15 bits per heavy atom. The molecule has 0 radical (unpaired) electrons. The Kier molecular flexibility index (Phi) is 3.02. The van der Waals surface area contributed by atoms with Crippen LogP contribution in [0.5, 0.6) is 0 Å². The highest BCUT2D eigenvalue weighted by molar-refractivity contribution is 5.71. The third-order valence-corrected chi connectivity index (χ3v) is 3.69. The van der Waals surface area contributed by atoms with Gasteiger partial charge in [0.25, 0.3) is 5.69 Å². The van der Waals surface area contributed by atoms with Gasteiger partial charge >= 0.3 is 0 Å². The molecule has 0 bridgehead atoms. The molecular weight excluding hydrogens is 254 g/mol. The van der Waals surface area contributed by atoms with Gasteiger partial charge in [-0.1, -0.05) is 24.3 Å². The van der Waals surface area contributed by atoms with Gasteiger partial charge in [-0.3, -0.25) is 10.1 Å². The van der Waals surface area contributed by atoms with Gasteiger partial charge < -0.3 is 10.6 Å². The first-order chi connectivity index (χ1) is 9.65. The zero-order valence-electron chi connectivity index (χ0n) is 11.0. The van der Waals surface area contributed by atoms with Crippen LogP contribution in [0.3, 0.4) is 0 Å². The monoisotopic (exact) mass is 269 g/mol. The fraction of sp³-hybridized carbons (Fsp3) is 0.200. The highest BCUT2D eigenvalue weighted by Gasteiger charge is 2.19. The smallest absolute Gasteiger partial charge is 0.271 e. The number of nitrogens with zero attached hydrogens (tertiary/aromatic N) is 2. The second kappa shape index (κ2) is 4.85. The summed E-state index contributed by atoms with van der Waals surface area (Å²) in [5.74, 6) is 0. The van der Waals surface area contributed by atoms with Crippen LogP contribution in [-0.2, 0) is 13.0 Å². The Hall–Kier alpha value is -2.56. The van der Waals surface area contributed by atoms with Gasteiger partial charge in [0.1, 0.15) is 0 Å². The van der Waals surface area contributed by atoms with Crippen molar-refractivity contribution in [2.75, 3.05) is 17.2 Å². The summed E-state index contributed by atoms with van der Waals surface area (Å²) in [6.45, 7) is 1.66. The SMILES string of the molecule is Nc1cc([N+](=O)[O-])ccc1N1CCc2ccccc2C1. The van der Waals surface area contributed by atoms with E-state index in [1.54, 1.807) is 6.07 Å². The maximum atomic E-state index is 10.7. The summed E-state index contributed by atoms with van der Waals surface area (Å²) in [4.78, 5) is 12.5. The quantitative estimate of drug-likeness (QED) is 0.517. The van der Waals surface area contributed by atoms with Crippen LogP contribution in [0.2, 0.25) is 0 Å². The first-order valence-corrected chi connectivity index (χ1v) is 6.51. The number of nitrogen functional groups attached to an aromatic ring is 1. The molecule has 3 rings (SSSR count). The molecular formula is C15H15N3O2. The van der Waals surface area contributed by atoms with E-state index in [0.717, 1.165) is 25.2 Å². The van der Waals surface area contributed by atoms with Gasteiger partial charge in [0.2, 0.25) is 0 Å². The van der Waals surface area contributed by atoms with E-state index in [2.05, 4.69) is 23.1 Å². The first kappa shape index (κ1) is 12.5. The maximum Gasteiger partial charge on any atom is 0.271 e. The Morgan fingerprint density at radius 2 is 1.90 bits per heavy atom. The van der Waals surface area contributed by atoms with E-state index in [1.165, 1.54) is 23.3 Å². The molecule has 2 aromatic rings. The van der Waals surface area contributed by atoms with Crippen molar-refractivity contribution in [3.63, 3.8) is 0 Å². The number of anilines is 2. The van der Waals surface area contributed by atoms with Crippen molar-refractivity contribution in [1.29, 1.82) is 0 Å². The third kappa shape index (κ3) is 2.18. The van der Waals surface area contributed by atoms with Crippen LogP contribution in [0.4, 0.5) is 17.1 Å². The molecule has 102 valence electrons. The maximum absolute atomic E-state index is 10.7. The van der Waals surface area contributed by atoms with Crippen molar-refractivity contribution >= 4 is 17.1 Å². The van der Waals surface area contributed by atoms with Gasteiger partial charge in [0.15, 0.2) is 0 Å². The molecule has 1 aliphatic heterocycles. The molecule has 0 saturated heterocycles. The number of hydrogen-bond donors (Lipinski definition) is 1. The minimum atomic E-state index is -0.425. The summed E-state index contributed by atoms with van der Waals surface area (Å²) in [7, 11) is 0. The zero-order chi connectivity index (χ0) is 14.1. The Morgan fingerprint density at radius 3 is 2.60 bits per heavy atom. The largest absolute Gasteiger partial charge is 0.397 e. The molecule has 2 aromatic carbocycles. The zero-order valence-corrected chi connectivity index (χ0v) is 11.0. The molecule has 0 saturated carbocycles. The lowest BCUT2D eigenvalue weighted by Crippen LogP contribution is -2.30. The summed E-state index contributed by atoms with van der Waals surface area (Å²) >= 11 is 0. The number of nitro benzene ring substituents is 1. The predicted octanol–water partition coefficient (Wildman–Crippen LogP) is 2.74. The molecule has 0 atom stereocenters. The molecule has 20 heavy (non-hydrogen) atoms. The molecule has 1 heterocycles. The number of fused-ring (bicyclic) bond motifs is 1. The van der Waals surface area contributed by atoms with Crippen LogP contribution in [0.1, 0.15) is 11.1 Å². The van der Waals surface area contributed by atoms with Gasteiger partial charge in [0, 0.05) is 25.2 Å². The second-order valence-electron chi connectivity index (χ2n) is 4.94. The number of nitro groups is 1. The van der Waals surface area contributed by atoms with Gasteiger partial charge in [-0.15, -0.1) is 0 Å². The van der Waals surface area contributed by atoms with Crippen molar-refractivity contribution in [3.8, 4) is 0 Å². The summed E-state index contributed by atoms with van der Waals surface area (Å²) in [6, 6.07) is 13.0. The minimum Gasteiger partial charge on any atom is -0.397 e. The van der Waals surface area contributed by atoms with Gasteiger partial charge in [-0.25, -0.2) is 0 Å². The number of nitrogens with two attached hydrogens (primary N) is 1. The molecule has 0 aliphatic carbocycles. The van der Waals surface area contributed by atoms with E-state index < -0.39 is 4.92 Å². The summed E-state index contributed by atoms with van der Waals surface area (Å²) < 4.78 is 0. The van der Waals surface area contributed by atoms with Crippen LogP contribution in [0, 0.1) is 10.1 Å². The van der Waals surface area contributed by atoms with Crippen molar-refractivity contribution in [1.82, 2.24) is 0 Å². The van der Waals surface area contributed by atoms with E-state index in [4.69, 9.17) is 5.73 Å². The van der Waals surface area contributed by atoms with E-state index in [0.29, 0.717) is 5.69 Å². The number of non-ortho nitro benzene ring substituents is 1. The van der Waals surface area contributed by atoms with Crippen LogP contribution < -0.4 is 10.6 Å². The van der Waals surface area contributed by atoms with Crippen molar-refractivity contribution in [3.05, 3.63) is 63.7 Å². The van der Waals surface area contributed by atoms with Crippen molar-refractivity contribution < 1.29 is 4.92 Å². The molecule has 0 aromatic heterocycles. The number of benzene rings is 2. The van der Waals surface area contributed by atoms with E-state index >= 15 is 0 Å². The lowest BCUT2D eigenvalue weighted by molar-refractivity contribution is -0.384. The normalized spacial score (nSPS) is 13.9. The fourth-order valence-corrected chi connectivity index (χ4v) is 2.64. The van der Waals surface area contributed by atoms with Crippen molar-refractivity contribution in [2.24, 2.45) is 0 Å². The Bertz CT molecular complexity index is 670. The second-order valence-corrected chi connectivity index (χ2v) is 4.94. The standard InChI is InChI=1S/C15H15N3O2/c16-14-9-13(18(19)20)5-6-15(14)17-8-7-11-3-1-2-4-12(11)10-17/h1-6,9H,7-8,10,16H2. The van der Waals surface area contributed by atoms with Crippen LogP contribution in [0.25, 0.3) is 0 Å². The lowest BCUT2D eigenvalue weighted by Gasteiger charge is -2.31. The Labute approximate surface area is 116 Å². The average Bonchev–Trinajstić information content (AvgIpc) is 2.46. The third-order valence-electron chi connectivity index (χ3n) is 3.69. The van der Waals surface area contributed by atoms with E-state index in [9.17, 15) is 10.1 Å². The minimum absolute atomic E-state index is 0.0312. The fourth-order valence-electron chi connectivity index (χ4n) is 2.64.